The second-order valence-corrected chi connectivity index (χ2v) is 4.41. The molecule has 0 spiro atoms. The minimum atomic E-state index is 0. The number of amides is 1. The van der Waals surface area contributed by atoms with Crippen molar-refractivity contribution in [3.63, 3.8) is 0 Å². The predicted molar refractivity (Wildman–Crippen MR) is 70.5 cm³/mol. The van der Waals surface area contributed by atoms with Crippen molar-refractivity contribution >= 4 is 18.3 Å². The molecule has 0 bridgehead atoms. The van der Waals surface area contributed by atoms with Crippen LogP contribution in [0.15, 0.2) is 12.4 Å². The Balaban J connectivity index is 0.00000162. The first-order valence-corrected chi connectivity index (χ1v) is 6.16. The fraction of sp³-hybridized carbons (Fsp3) is 0.727. The van der Waals surface area contributed by atoms with E-state index in [-0.39, 0.29) is 18.3 Å². The van der Waals surface area contributed by atoms with Crippen LogP contribution in [-0.2, 0) is 11.3 Å². The van der Waals surface area contributed by atoms with Gasteiger partial charge in [0, 0.05) is 19.2 Å². The Morgan fingerprint density at radius 1 is 1.56 bits per heavy atom. The Bertz CT molecular complexity index is 337. The normalized spacial score (nSPS) is 18.3. The molecule has 1 unspecified atom stereocenters. The van der Waals surface area contributed by atoms with Gasteiger partial charge in [-0.25, -0.2) is 0 Å². The van der Waals surface area contributed by atoms with Gasteiger partial charge in [-0.15, -0.1) is 17.5 Å². The van der Waals surface area contributed by atoms with Crippen molar-refractivity contribution in [2.75, 3.05) is 19.6 Å². The number of nitrogens with one attached hydrogen (secondary N) is 2. The van der Waals surface area contributed by atoms with Crippen LogP contribution < -0.4 is 10.6 Å². The summed E-state index contributed by atoms with van der Waals surface area (Å²) >= 11 is 0. The molecular formula is C11H20ClN5O. The largest absolute Gasteiger partial charge is 0.356 e. The maximum absolute atomic E-state index is 11.5. The summed E-state index contributed by atoms with van der Waals surface area (Å²) in [4.78, 5) is 11.5. The van der Waals surface area contributed by atoms with E-state index in [0.29, 0.717) is 13.0 Å². The monoisotopic (exact) mass is 273 g/mol. The molecule has 1 aromatic heterocycles. The van der Waals surface area contributed by atoms with Crippen LogP contribution in [0.4, 0.5) is 0 Å². The summed E-state index contributed by atoms with van der Waals surface area (Å²) < 4.78 is 1.67. The molecule has 1 saturated heterocycles. The third-order valence-electron chi connectivity index (χ3n) is 3.08. The molecule has 7 heteroatoms. The number of hydrogen-bond donors (Lipinski definition) is 2. The molecule has 1 aromatic rings. The van der Waals surface area contributed by atoms with Crippen molar-refractivity contribution in [3.8, 4) is 0 Å². The highest BCUT2D eigenvalue weighted by molar-refractivity contribution is 5.85. The predicted octanol–water partition coefficient (Wildman–Crippen LogP) is 0.206. The second-order valence-electron chi connectivity index (χ2n) is 4.41. The van der Waals surface area contributed by atoms with Crippen molar-refractivity contribution < 1.29 is 4.79 Å². The summed E-state index contributed by atoms with van der Waals surface area (Å²) in [6, 6.07) is 0. The van der Waals surface area contributed by atoms with Gasteiger partial charge in [0.2, 0.25) is 5.91 Å². The van der Waals surface area contributed by atoms with Gasteiger partial charge in [0.1, 0.15) is 0 Å². The molecule has 0 aromatic carbocycles. The maximum Gasteiger partial charge on any atom is 0.221 e. The summed E-state index contributed by atoms with van der Waals surface area (Å²) in [5.41, 5.74) is 0. The molecule has 1 aliphatic rings. The van der Waals surface area contributed by atoms with E-state index >= 15 is 0 Å². The molecule has 1 aliphatic heterocycles. The Kier molecular flexibility index (Phi) is 6.67. The smallest absolute Gasteiger partial charge is 0.221 e. The molecule has 1 amide bonds. The van der Waals surface area contributed by atoms with E-state index in [1.165, 1.54) is 6.42 Å². The highest BCUT2D eigenvalue weighted by Gasteiger charge is 2.13. The van der Waals surface area contributed by atoms with Gasteiger partial charge in [0.15, 0.2) is 0 Å². The lowest BCUT2D eigenvalue weighted by molar-refractivity contribution is -0.121. The van der Waals surface area contributed by atoms with E-state index in [2.05, 4.69) is 20.9 Å². The summed E-state index contributed by atoms with van der Waals surface area (Å²) in [5, 5.41) is 13.8. The van der Waals surface area contributed by atoms with Gasteiger partial charge in [0.25, 0.3) is 0 Å². The summed E-state index contributed by atoms with van der Waals surface area (Å²) in [5.74, 6) is 0.817. The SMILES string of the molecule is Cl.O=C(CCn1ccnn1)NCCC1CCNC1. The average Bonchev–Trinajstić information content (AvgIpc) is 2.99. The zero-order valence-corrected chi connectivity index (χ0v) is 11.2. The Morgan fingerprint density at radius 2 is 2.44 bits per heavy atom. The maximum atomic E-state index is 11.5. The summed E-state index contributed by atoms with van der Waals surface area (Å²) in [6.07, 6.45) is 6.14. The first-order valence-electron chi connectivity index (χ1n) is 6.16. The number of rotatable bonds is 6. The van der Waals surface area contributed by atoms with Crippen LogP contribution in [0, 0.1) is 5.92 Å². The molecule has 2 rings (SSSR count). The van der Waals surface area contributed by atoms with E-state index in [9.17, 15) is 4.79 Å². The number of aryl methyl sites for hydroxylation is 1. The number of halogens is 1. The van der Waals surface area contributed by atoms with Gasteiger partial charge in [-0.05, 0) is 31.8 Å². The zero-order valence-electron chi connectivity index (χ0n) is 10.3. The van der Waals surface area contributed by atoms with E-state index in [1.807, 2.05) is 0 Å². The standard InChI is InChI=1S/C11H19N5O.ClH/c17-11(3-7-16-8-6-14-15-16)13-5-2-10-1-4-12-9-10;/h6,8,10,12H,1-5,7,9H2,(H,13,17);1H. The van der Waals surface area contributed by atoms with E-state index < -0.39 is 0 Å². The van der Waals surface area contributed by atoms with Crippen LogP contribution in [0.25, 0.3) is 0 Å². The molecule has 102 valence electrons. The minimum Gasteiger partial charge on any atom is -0.356 e. The fourth-order valence-corrected chi connectivity index (χ4v) is 2.03. The molecule has 0 saturated carbocycles. The Hall–Kier alpha value is -1.14. The van der Waals surface area contributed by atoms with E-state index in [4.69, 9.17) is 0 Å². The van der Waals surface area contributed by atoms with Gasteiger partial charge in [-0.1, -0.05) is 5.21 Å². The van der Waals surface area contributed by atoms with Crippen molar-refractivity contribution in [1.82, 2.24) is 25.6 Å². The van der Waals surface area contributed by atoms with Crippen LogP contribution in [0.2, 0.25) is 0 Å². The average molecular weight is 274 g/mol. The molecule has 0 aliphatic carbocycles. The molecule has 18 heavy (non-hydrogen) atoms. The number of nitrogens with zero attached hydrogens (tertiary/aromatic N) is 3. The molecular weight excluding hydrogens is 254 g/mol. The fourth-order valence-electron chi connectivity index (χ4n) is 2.03. The van der Waals surface area contributed by atoms with Crippen LogP contribution in [0.3, 0.4) is 0 Å². The lowest BCUT2D eigenvalue weighted by Crippen LogP contribution is -2.27. The molecule has 2 heterocycles. The number of carbonyl (C=O) groups is 1. The van der Waals surface area contributed by atoms with Crippen molar-refractivity contribution in [3.05, 3.63) is 12.4 Å². The first kappa shape index (κ1) is 14.9. The first-order chi connectivity index (χ1) is 8.34. The second kappa shape index (κ2) is 8.05. The zero-order chi connectivity index (χ0) is 11.9. The van der Waals surface area contributed by atoms with Gasteiger partial charge in [-0.3, -0.25) is 9.48 Å². The van der Waals surface area contributed by atoms with Gasteiger partial charge in [-0.2, -0.15) is 0 Å². The molecule has 1 atom stereocenters. The van der Waals surface area contributed by atoms with Gasteiger partial charge < -0.3 is 10.6 Å². The van der Waals surface area contributed by atoms with Crippen molar-refractivity contribution in [1.29, 1.82) is 0 Å². The van der Waals surface area contributed by atoms with Crippen LogP contribution >= 0.6 is 12.4 Å². The van der Waals surface area contributed by atoms with Crippen molar-refractivity contribution in [2.45, 2.75) is 25.8 Å². The third-order valence-corrected chi connectivity index (χ3v) is 3.08. The van der Waals surface area contributed by atoms with Crippen LogP contribution in [-0.4, -0.2) is 40.5 Å². The number of carbonyl (C=O) groups excluding carboxylic acids is 1. The van der Waals surface area contributed by atoms with Crippen LogP contribution in [0.5, 0.6) is 0 Å². The van der Waals surface area contributed by atoms with Gasteiger partial charge >= 0.3 is 0 Å². The summed E-state index contributed by atoms with van der Waals surface area (Å²) in [7, 11) is 0. The summed E-state index contributed by atoms with van der Waals surface area (Å²) in [6.45, 7) is 3.58. The minimum absolute atomic E-state index is 0. The third kappa shape index (κ3) is 5.01. The van der Waals surface area contributed by atoms with Crippen molar-refractivity contribution in [2.24, 2.45) is 5.92 Å². The topological polar surface area (TPSA) is 71.8 Å². The quantitative estimate of drug-likeness (QED) is 0.777. The number of hydrogen-bond acceptors (Lipinski definition) is 4. The molecule has 2 N–H and O–H groups in total. The highest BCUT2D eigenvalue weighted by Crippen LogP contribution is 2.10. The highest BCUT2D eigenvalue weighted by atomic mass is 35.5. The molecule has 0 radical (unpaired) electrons. The Labute approximate surface area is 113 Å². The van der Waals surface area contributed by atoms with E-state index in [1.54, 1.807) is 17.1 Å². The lowest BCUT2D eigenvalue weighted by atomic mass is 10.1. The number of aromatic nitrogens is 3. The van der Waals surface area contributed by atoms with E-state index in [0.717, 1.165) is 32.0 Å². The molecule has 6 nitrogen and oxygen atoms in total. The van der Waals surface area contributed by atoms with Crippen LogP contribution in [0.1, 0.15) is 19.3 Å². The molecule has 1 fully saturated rings. The lowest BCUT2D eigenvalue weighted by Gasteiger charge is -2.09. The van der Waals surface area contributed by atoms with Gasteiger partial charge in [0.05, 0.1) is 12.7 Å². The Morgan fingerprint density at radius 3 is 3.11 bits per heavy atom.